The minimum Gasteiger partial charge on any atom is -0.310 e. The molecule has 0 spiro atoms. The summed E-state index contributed by atoms with van der Waals surface area (Å²) in [5.74, 6) is 0. The van der Waals surface area contributed by atoms with Crippen LogP contribution in [-0.2, 0) is 16.2 Å². The lowest BCUT2D eigenvalue weighted by atomic mass is 9.80. The molecule has 0 heterocycles. The van der Waals surface area contributed by atoms with Gasteiger partial charge in [0, 0.05) is 27.9 Å². The van der Waals surface area contributed by atoms with Crippen molar-refractivity contribution in [1.82, 2.24) is 0 Å². The summed E-state index contributed by atoms with van der Waals surface area (Å²) < 4.78 is 0. The Kier molecular flexibility index (Phi) is 7.58. The van der Waals surface area contributed by atoms with Crippen LogP contribution < -0.4 is 4.90 Å². The smallest absolute Gasteiger partial charge is 0.0468 e. The molecule has 0 amide bonds. The summed E-state index contributed by atoms with van der Waals surface area (Å²) in [6.45, 7) is 16.5. The third-order valence-corrected chi connectivity index (χ3v) is 13.7. The highest BCUT2D eigenvalue weighted by molar-refractivity contribution is 6.00. The number of hydrogen-bond donors (Lipinski definition) is 0. The maximum absolute atomic E-state index is 2.49. The molecule has 2 aliphatic carbocycles. The summed E-state index contributed by atoms with van der Waals surface area (Å²) in [6, 6.07) is 64.4. The first-order valence-electron chi connectivity index (χ1n) is 21.2. The molecule has 0 N–H and O–H groups in total. The van der Waals surface area contributed by atoms with Crippen LogP contribution in [0.4, 0.5) is 17.1 Å². The molecule has 11 rings (SSSR count). The molecule has 2 aliphatic rings. The highest BCUT2D eigenvalue weighted by Crippen LogP contribution is 2.55. The standard InChI is InChI=1S/C58H49N/c1-56(2,3)44-21-16-38(17-22-44)41-20-26-48-50-30-42-34-54-51(31-43(42)33-53(50)57(4,5)52(48)32-41)49-27-25-47(35-55(49)58(54,6)7)59(45-23-18-36-12-8-10-14-39(36)28-45)46-24-19-37-13-9-11-15-40(37)29-46/h8-35H,1-7H3. The molecule has 0 radical (unpaired) electrons. The first-order valence-corrected chi connectivity index (χ1v) is 21.2. The molecular weight excluding hydrogens is 711 g/mol. The van der Waals surface area contributed by atoms with E-state index in [2.05, 4.69) is 223 Å². The minimum absolute atomic E-state index is 0.111. The summed E-state index contributed by atoms with van der Waals surface area (Å²) >= 11 is 0. The van der Waals surface area contributed by atoms with Crippen molar-refractivity contribution in [3.63, 3.8) is 0 Å². The zero-order valence-electron chi connectivity index (χ0n) is 35.1. The highest BCUT2D eigenvalue weighted by Gasteiger charge is 2.39. The Labute approximate surface area is 348 Å². The van der Waals surface area contributed by atoms with Gasteiger partial charge in [-0.3, -0.25) is 0 Å². The van der Waals surface area contributed by atoms with Crippen molar-refractivity contribution in [3.05, 3.63) is 198 Å². The molecule has 0 aliphatic heterocycles. The number of fused-ring (bicyclic) bond motifs is 9. The summed E-state index contributed by atoms with van der Waals surface area (Å²) in [7, 11) is 0. The molecule has 0 atom stereocenters. The molecule has 0 saturated heterocycles. The van der Waals surface area contributed by atoms with Crippen molar-refractivity contribution < 1.29 is 0 Å². The van der Waals surface area contributed by atoms with Crippen LogP contribution in [0, 0.1) is 0 Å². The number of benzene rings is 9. The molecular formula is C58H49N. The lowest BCUT2D eigenvalue weighted by molar-refractivity contribution is 0.590. The van der Waals surface area contributed by atoms with Gasteiger partial charge in [0.05, 0.1) is 0 Å². The Morgan fingerprint density at radius 2 is 0.763 bits per heavy atom. The predicted molar refractivity (Wildman–Crippen MR) is 253 cm³/mol. The summed E-state index contributed by atoms with van der Waals surface area (Å²) in [5, 5.41) is 7.58. The van der Waals surface area contributed by atoms with Crippen LogP contribution in [0.3, 0.4) is 0 Å². The number of hydrogen-bond acceptors (Lipinski definition) is 1. The second-order valence-electron chi connectivity index (χ2n) is 19.1. The Hall–Kier alpha value is -6.44. The van der Waals surface area contributed by atoms with Crippen LogP contribution in [0.15, 0.2) is 170 Å². The molecule has 0 aromatic heterocycles. The van der Waals surface area contributed by atoms with Gasteiger partial charge in [-0.25, -0.2) is 0 Å². The van der Waals surface area contributed by atoms with E-state index in [0.29, 0.717) is 0 Å². The molecule has 9 aromatic carbocycles. The van der Waals surface area contributed by atoms with Crippen molar-refractivity contribution in [2.24, 2.45) is 0 Å². The fourth-order valence-electron chi connectivity index (χ4n) is 10.3. The lowest BCUT2D eigenvalue weighted by Gasteiger charge is -2.28. The van der Waals surface area contributed by atoms with Crippen molar-refractivity contribution in [3.8, 4) is 33.4 Å². The molecule has 0 unspecified atom stereocenters. The normalized spacial score (nSPS) is 14.6. The average molecular weight is 760 g/mol. The second-order valence-corrected chi connectivity index (χ2v) is 19.1. The SMILES string of the molecule is CC(C)(C)c1ccc(-c2ccc3c(c2)C(C)(C)c2cc4cc5c(cc4cc2-3)C(C)(C)c2cc(N(c3ccc4ccccc4c3)c3ccc4ccccc4c3)ccc2-5)cc1. The minimum atomic E-state index is -0.180. The zero-order chi connectivity index (χ0) is 40.4. The van der Waals surface area contributed by atoms with Crippen molar-refractivity contribution >= 4 is 49.4 Å². The van der Waals surface area contributed by atoms with E-state index in [4.69, 9.17) is 0 Å². The van der Waals surface area contributed by atoms with Crippen molar-refractivity contribution in [2.75, 3.05) is 4.90 Å². The summed E-state index contributed by atoms with van der Waals surface area (Å²) in [5.41, 5.74) is 18.2. The maximum Gasteiger partial charge on any atom is 0.0468 e. The van der Waals surface area contributed by atoms with Crippen LogP contribution in [0.2, 0.25) is 0 Å². The molecule has 1 nitrogen and oxygen atoms in total. The van der Waals surface area contributed by atoms with E-state index in [1.54, 1.807) is 0 Å². The van der Waals surface area contributed by atoms with Gasteiger partial charge in [-0.15, -0.1) is 0 Å². The second kappa shape index (κ2) is 12.5. The van der Waals surface area contributed by atoms with E-state index < -0.39 is 0 Å². The summed E-state index contributed by atoms with van der Waals surface area (Å²) in [6.07, 6.45) is 0. The summed E-state index contributed by atoms with van der Waals surface area (Å²) in [4.78, 5) is 2.44. The van der Waals surface area contributed by atoms with Crippen molar-refractivity contribution in [1.29, 1.82) is 0 Å². The van der Waals surface area contributed by atoms with Gasteiger partial charge in [-0.05, 0) is 166 Å². The topological polar surface area (TPSA) is 3.24 Å². The Morgan fingerprint density at radius 3 is 1.29 bits per heavy atom. The monoisotopic (exact) mass is 759 g/mol. The van der Waals surface area contributed by atoms with E-state index in [1.165, 1.54) is 99.2 Å². The first-order chi connectivity index (χ1) is 28.3. The van der Waals surface area contributed by atoms with E-state index in [9.17, 15) is 0 Å². The van der Waals surface area contributed by atoms with E-state index in [0.717, 1.165) is 11.4 Å². The first kappa shape index (κ1) is 35.7. The largest absolute Gasteiger partial charge is 0.310 e. The van der Waals surface area contributed by atoms with E-state index in [1.807, 2.05) is 0 Å². The van der Waals surface area contributed by atoms with E-state index >= 15 is 0 Å². The Morgan fingerprint density at radius 1 is 0.339 bits per heavy atom. The fourth-order valence-corrected chi connectivity index (χ4v) is 10.3. The van der Waals surface area contributed by atoms with Gasteiger partial charge >= 0.3 is 0 Å². The molecule has 59 heavy (non-hydrogen) atoms. The van der Waals surface area contributed by atoms with Gasteiger partial charge in [-0.2, -0.15) is 0 Å². The van der Waals surface area contributed by atoms with Gasteiger partial charge in [0.2, 0.25) is 0 Å². The number of rotatable bonds is 4. The molecule has 286 valence electrons. The van der Waals surface area contributed by atoms with Gasteiger partial charge < -0.3 is 4.90 Å². The van der Waals surface area contributed by atoms with Crippen LogP contribution in [0.5, 0.6) is 0 Å². The van der Waals surface area contributed by atoms with Gasteiger partial charge in [0.15, 0.2) is 0 Å². The molecule has 9 aromatic rings. The van der Waals surface area contributed by atoms with Crippen LogP contribution in [0.25, 0.3) is 65.7 Å². The number of nitrogens with zero attached hydrogens (tertiary/aromatic N) is 1. The molecule has 0 fully saturated rings. The Balaban J connectivity index is 1.00. The number of anilines is 3. The third-order valence-electron chi connectivity index (χ3n) is 13.7. The predicted octanol–water partition coefficient (Wildman–Crippen LogP) is 16.2. The third kappa shape index (κ3) is 5.51. The molecule has 1 heteroatoms. The quantitative estimate of drug-likeness (QED) is 0.173. The molecule has 0 saturated carbocycles. The average Bonchev–Trinajstić information content (AvgIpc) is 3.59. The van der Waals surface area contributed by atoms with Crippen molar-refractivity contribution in [2.45, 2.75) is 64.7 Å². The Bertz CT molecular complexity index is 3110. The van der Waals surface area contributed by atoms with Gasteiger partial charge in [0.25, 0.3) is 0 Å². The van der Waals surface area contributed by atoms with Gasteiger partial charge in [-0.1, -0.05) is 152 Å². The molecule has 0 bridgehead atoms. The van der Waals surface area contributed by atoms with Crippen LogP contribution >= 0.6 is 0 Å². The van der Waals surface area contributed by atoms with Gasteiger partial charge in [0.1, 0.15) is 0 Å². The highest BCUT2D eigenvalue weighted by atomic mass is 15.1. The van der Waals surface area contributed by atoms with E-state index in [-0.39, 0.29) is 16.2 Å². The zero-order valence-corrected chi connectivity index (χ0v) is 35.1. The fraction of sp³-hybridized carbons (Fsp3) is 0.172. The lowest BCUT2D eigenvalue weighted by Crippen LogP contribution is -2.17. The maximum atomic E-state index is 2.49. The van der Waals surface area contributed by atoms with Crippen LogP contribution in [-0.4, -0.2) is 0 Å². The van der Waals surface area contributed by atoms with Crippen LogP contribution in [0.1, 0.15) is 76.3 Å².